The van der Waals surface area contributed by atoms with Gasteiger partial charge in [0.05, 0.1) is 12.7 Å². The summed E-state index contributed by atoms with van der Waals surface area (Å²) >= 11 is 0. The Bertz CT molecular complexity index is 118. The average Bonchev–Trinajstić information content (AvgIpc) is 2.16. The van der Waals surface area contributed by atoms with Crippen molar-refractivity contribution in [2.45, 2.75) is 31.8 Å². The zero-order valence-corrected chi connectivity index (χ0v) is 7.92. The largest absolute Gasteiger partial charge is 0.400 e. The van der Waals surface area contributed by atoms with E-state index in [0.29, 0.717) is 6.42 Å². The second-order valence-corrected chi connectivity index (χ2v) is 3.03. The summed E-state index contributed by atoms with van der Waals surface area (Å²) in [7, 11) is 1.00. The molecule has 0 aliphatic carbocycles. The van der Waals surface area contributed by atoms with Gasteiger partial charge in [0.25, 0.3) is 0 Å². The summed E-state index contributed by atoms with van der Waals surface area (Å²) in [6.45, 7) is 1.72. The van der Waals surface area contributed by atoms with Gasteiger partial charge in [0, 0.05) is 7.11 Å². The van der Waals surface area contributed by atoms with E-state index in [1.165, 1.54) is 0 Å². The van der Waals surface area contributed by atoms with Crippen LogP contribution in [-0.4, -0.2) is 52.6 Å². The molecule has 4 atom stereocenters. The molecule has 5 nitrogen and oxygen atoms in total. The number of ether oxygens (including phenoxy) is 1. The Labute approximate surface area is 77.6 Å². The van der Waals surface area contributed by atoms with E-state index in [2.05, 4.69) is 0 Å². The summed E-state index contributed by atoms with van der Waals surface area (Å²) in [4.78, 5) is 0. The molecule has 0 bridgehead atoms. The second-order valence-electron chi connectivity index (χ2n) is 3.03. The maximum atomic E-state index is 9.20. The molecule has 0 aromatic heterocycles. The van der Waals surface area contributed by atoms with E-state index in [-0.39, 0.29) is 18.6 Å². The molecule has 4 N–H and O–H groups in total. The molecule has 0 aromatic carbocycles. The Balaban J connectivity index is 0.000000671. The molecule has 0 aromatic rings. The first-order chi connectivity index (χ1) is 6.15. The van der Waals surface area contributed by atoms with E-state index in [9.17, 15) is 5.11 Å². The Morgan fingerprint density at radius 1 is 1.31 bits per heavy atom. The van der Waals surface area contributed by atoms with Gasteiger partial charge in [-0.15, -0.1) is 0 Å². The van der Waals surface area contributed by atoms with E-state index in [4.69, 9.17) is 20.1 Å². The van der Waals surface area contributed by atoms with Crippen LogP contribution in [0, 0.1) is 5.92 Å². The lowest BCUT2D eigenvalue weighted by Crippen LogP contribution is -2.45. The highest BCUT2D eigenvalue weighted by Gasteiger charge is 2.33. The SMILES string of the molecule is CC1CC(CO)OC(O)C1O.CO. The Kier molecular flexibility index (Phi) is 6.19. The molecule has 0 spiro atoms. The minimum Gasteiger partial charge on any atom is -0.400 e. The summed E-state index contributed by atoms with van der Waals surface area (Å²) in [6.07, 6.45) is -1.70. The van der Waals surface area contributed by atoms with Crippen molar-refractivity contribution >= 4 is 0 Å². The highest BCUT2D eigenvalue weighted by atomic mass is 16.6. The Hall–Kier alpha value is -0.200. The zero-order chi connectivity index (χ0) is 10.4. The van der Waals surface area contributed by atoms with Crippen LogP contribution in [0.4, 0.5) is 0 Å². The van der Waals surface area contributed by atoms with Crippen LogP contribution in [0.1, 0.15) is 13.3 Å². The van der Waals surface area contributed by atoms with Gasteiger partial charge in [-0.05, 0) is 12.3 Å². The fraction of sp³-hybridized carbons (Fsp3) is 1.00. The number of aliphatic hydroxyl groups excluding tert-OH is 4. The molecule has 80 valence electrons. The van der Waals surface area contributed by atoms with Crippen LogP contribution in [-0.2, 0) is 4.74 Å². The van der Waals surface area contributed by atoms with Gasteiger partial charge in [-0.3, -0.25) is 0 Å². The van der Waals surface area contributed by atoms with Crippen LogP contribution in [0.25, 0.3) is 0 Å². The molecule has 0 saturated carbocycles. The third-order valence-electron chi connectivity index (χ3n) is 2.05. The summed E-state index contributed by atoms with van der Waals surface area (Å²) < 4.78 is 4.87. The lowest BCUT2D eigenvalue weighted by molar-refractivity contribution is -0.237. The lowest BCUT2D eigenvalue weighted by atomic mass is 9.94. The van der Waals surface area contributed by atoms with Gasteiger partial charge in [0.15, 0.2) is 6.29 Å². The minimum absolute atomic E-state index is 0.0177. The number of rotatable bonds is 1. The monoisotopic (exact) mass is 194 g/mol. The van der Waals surface area contributed by atoms with Crippen LogP contribution in [0.3, 0.4) is 0 Å². The first-order valence-corrected chi connectivity index (χ1v) is 4.22. The van der Waals surface area contributed by atoms with Crippen molar-refractivity contribution in [1.29, 1.82) is 0 Å². The fourth-order valence-electron chi connectivity index (χ4n) is 1.29. The van der Waals surface area contributed by atoms with Crippen molar-refractivity contribution < 1.29 is 25.2 Å². The standard InChI is InChI=1S/C7H14O4.CH4O/c1-4-2-5(3-8)11-7(10)6(4)9;1-2/h4-10H,2-3H2,1H3;2H,1H3. The molecular formula is C8H18O5. The maximum absolute atomic E-state index is 9.20. The third-order valence-corrected chi connectivity index (χ3v) is 2.05. The van der Waals surface area contributed by atoms with Gasteiger partial charge in [-0.1, -0.05) is 6.92 Å². The molecule has 1 saturated heterocycles. The van der Waals surface area contributed by atoms with Crippen LogP contribution < -0.4 is 0 Å². The van der Waals surface area contributed by atoms with Gasteiger partial charge in [-0.2, -0.15) is 0 Å². The molecule has 1 fully saturated rings. The summed E-state index contributed by atoms with van der Waals surface area (Å²) in [5, 5.41) is 34.0. The van der Waals surface area contributed by atoms with Crippen LogP contribution >= 0.6 is 0 Å². The fourth-order valence-corrected chi connectivity index (χ4v) is 1.29. The molecule has 13 heavy (non-hydrogen) atoms. The second kappa shape index (κ2) is 6.28. The molecule has 1 aliphatic heterocycles. The smallest absolute Gasteiger partial charge is 0.181 e. The van der Waals surface area contributed by atoms with Crippen LogP contribution in [0.15, 0.2) is 0 Å². The van der Waals surface area contributed by atoms with Gasteiger partial charge < -0.3 is 25.2 Å². The van der Waals surface area contributed by atoms with Gasteiger partial charge in [0.1, 0.15) is 6.10 Å². The summed E-state index contributed by atoms with van der Waals surface area (Å²) in [5.41, 5.74) is 0. The highest BCUT2D eigenvalue weighted by molar-refractivity contribution is 4.77. The minimum atomic E-state index is -1.14. The van der Waals surface area contributed by atoms with Crippen molar-refractivity contribution in [3.8, 4) is 0 Å². The van der Waals surface area contributed by atoms with Crippen LogP contribution in [0.2, 0.25) is 0 Å². The average molecular weight is 194 g/mol. The van der Waals surface area contributed by atoms with E-state index >= 15 is 0 Å². The normalized spacial score (nSPS) is 39.2. The lowest BCUT2D eigenvalue weighted by Gasteiger charge is -2.34. The van der Waals surface area contributed by atoms with E-state index in [1.54, 1.807) is 0 Å². The Morgan fingerprint density at radius 3 is 2.23 bits per heavy atom. The molecule has 1 heterocycles. The third kappa shape index (κ3) is 3.58. The molecule has 0 radical (unpaired) electrons. The van der Waals surface area contributed by atoms with Crippen molar-refractivity contribution in [3.05, 3.63) is 0 Å². The number of hydrogen-bond donors (Lipinski definition) is 4. The molecule has 1 aliphatic rings. The first kappa shape index (κ1) is 12.8. The van der Waals surface area contributed by atoms with Gasteiger partial charge in [0.2, 0.25) is 0 Å². The topological polar surface area (TPSA) is 90.2 Å². The predicted octanol–water partition coefficient (Wildman–Crippen LogP) is -1.31. The van der Waals surface area contributed by atoms with E-state index in [1.807, 2.05) is 6.92 Å². The van der Waals surface area contributed by atoms with Gasteiger partial charge in [-0.25, -0.2) is 0 Å². The zero-order valence-electron chi connectivity index (χ0n) is 7.92. The van der Waals surface area contributed by atoms with Crippen LogP contribution in [0.5, 0.6) is 0 Å². The van der Waals surface area contributed by atoms with E-state index < -0.39 is 12.4 Å². The summed E-state index contributed by atoms with van der Waals surface area (Å²) in [5.74, 6) is -0.0177. The Morgan fingerprint density at radius 2 is 1.85 bits per heavy atom. The van der Waals surface area contributed by atoms with Crippen molar-refractivity contribution in [1.82, 2.24) is 0 Å². The molecular weight excluding hydrogens is 176 g/mol. The van der Waals surface area contributed by atoms with Crippen molar-refractivity contribution in [2.75, 3.05) is 13.7 Å². The molecule has 4 unspecified atom stereocenters. The highest BCUT2D eigenvalue weighted by Crippen LogP contribution is 2.23. The number of aliphatic hydroxyl groups is 4. The van der Waals surface area contributed by atoms with Gasteiger partial charge >= 0.3 is 0 Å². The summed E-state index contributed by atoms with van der Waals surface area (Å²) in [6, 6.07) is 0. The molecule has 1 rings (SSSR count). The predicted molar refractivity (Wildman–Crippen MR) is 45.9 cm³/mol. The molecule has 0 amide bonds. The van der Waals surface area contributed by atoms with Crippen molar-refractivity contribution in [3.63, 3.8) is 0 Å². The number of hydrogen-bond acceptors (Lipinski definition) is 5. The quantitative estimate of drug-likeness (QED) is 0.416. The maximum Gasteiger partial charge on any atom is 0.181 e. The van der Waals surface area contributed by atoms with E-state index in [0.717, 1.165) is 7.11 Å². The first-order valence-electron chi connectivity index (χ1n) is 4.22. The molecule has 5 heteroatoms. The van der Waals surface area contributed by atoms with Crippen molar-refractivity contribution in [2.24, 2.45) is 5.92 Å².